The van der Waals surface area contributed by atoms with Crippen LogP contribution in [0.2, 0.25) is 0 Å². The van der Waals surface area contributed by atoms with Gasteiger partial charge >= 0.3 is 5.97 Å². The van der Waals surface area contributed by atoms with E-state index >= 15 is 0 Å². The number of fused-ring (bicyclic) bond motifs is 1. The molecule has 3 aromatic rings. The van der Waals surface area contributed by atoms with Crippen molar-refractivity contribution in [1.29, 1.82) is 0 Å². The van der Waals surface area contributed by atoms with Crippen molar-refractivity contribution >= 4 is 22.9 Å². The highest BCUT2D eigenvalue weighted by atomic mass is 16.5. The summed E-state index contributed by atoms with van der Waals surface area (Å²) in [5.74, 6) is -0.839. The molecule has 138 valence electrons. The number of pyridine rings is 1. The smallest absolute Gasteiger partial charge is 0.340 e. The lowest BCUT2D eigenvalue weighted by molar-refractivity contribution is -0.129. The molecular formula is C20H20N4O3. The molecule has 4 rings (SSSR count). The molecule has 27 heavy (non-hydrogen) atoms. The van der Waals surface area contributed by atoms with Gasteiger partial charge in [0.25, 0.3) is 5.91 Å². The molecule has 7 nitrogen and oxygen atoms in total. The van der Waals surface area contributed by atoms with Gasteiger partial charge in [-0.2, -0.15) is 5.10 Å². The summed E-state index contributed by atoms with van der Waals surface area (Å²) < 4.78 is 7.04. The number of hydrogen-bond acceptors (Lipinski definition) is 5. The lowest BCUT2D eigenvalue weighted by Crippen LogP contribution is -2.37. The number of nitrogens with zero attached hydrogens (tertiary/aromatic N) is 3. The minimum atomic E-state index is -0.838. The number of nitrogens with one attached hydrogen (secondary N) is 1. The molecule has 1 saturated carbocycles. The first kappa shape index (κ1) is 17.2. The Bertz CT molecular complexity index is 979. The van der Waals surface area contributed by atoms with Crippen LogP contribution in [0.25, 0.3) is 11.0 Å². The van der Waals surface area contributed by atoms with Gasteiger partial charge in [0.15, 0.2) is 11.8 Å². The second-order valence-electron chi connectivity index (χ2n) is 6.76. The van der Waals surface area contributed by atoms with Crippen LogP contribution in [0.15, 0.2) is 48.8 Å². The highest BCUT2D eigenvalue weighted by Crippen LogP contribution is 2.19. The largest absolute Gasteiger partial charge is 0.449 e. The van der Waals surface area contributed by atoms with Gasteiger partial charge in [-0.1, -0.05) is 30.3 Å². The summed E-state index contributed by atoms with van der Waals surface area (Å²) in [6.07, 6.45) is 4.26. The second kappa shape index (κ2) is 7.19. The van der Waals surface area contributed by atoms with Crippen LogP contribution in [0.4, 0.5) is 0 Å². The maximum absolute atomic E-state index is 12.3. The van der Waals surface area contributed by atoms with Crippen LogP contribution in [-0.2, 0) is 16.1 Å². The fraction of sp³-hybridized carbons (Fsp3) is 0.300. The van der Waals surface area contributed by atoms with Crippen molar-refractivity contribution in [2.45, 2.75) is 38.5 Å². The van der Waals surface area contributed by atoms with Gasteiger partial charge in [0.2, 0.25) is 0 Å². The number of ether oxygens (including phenoxy) is 1. The van der Waals surface area contributed by atoms with Crippen molar-refractivity contribution in [2.24, 2.45) is 0 Å². The first-order chi connectivity index (χ1) is 13.1. The molecule has 0 aliphatic heterocycles. The van der Waals surface area contributed by atoms with E-state index in [-0.39, 0.29) is 11.9 Å². The van der Waals surface area contributed by atoms with Crippen LogP contribution in [0, 0.1) is 0 Å². The van der Waals surface area contributed by atoms with Crippen molar-refractivity contribution < 1.29 is 14.3 Å². The Balaban J connectivity index is 1.46. The zero-order valence-corrected chi connectivity index (χ0v) is 15.0. The van der Waals surface area contributed by atoms with Crippen LogP contribution < -0.4 is 5.32 Å². The zero-order chi connectivity index (χ0) is 18.8. The maximum atomic E-state index is 12.3. The number of hydrogen-bond donors (Lipinski definition) is 1. The van der Waals surface area contributed by atoms with Crippen LogP contribution in [0.3, 0.4) is 0 Å². The molecule has 1 amide bonds. The Morgan fingerprint density at radius 3 is 2.78 bits per heavy atom. The minimum Gasteiger partial charge on any atom is -0.449 e. The molecule has 1 fully saturated rings. The molecule has 0 spiro atoms. The maximum Gasteiger partial charge on any atom is 0.340 e. The zero-order valence-electron chi connectivity index (χ0n) is 15.0. The molecule has 1 atom stereocenters. The first-order valence-corrected chi connectivity index (χ1v) is 8.97. The van der Waals surface area contributed by atoms with E-state index in [1.165, 1.54) is 6.20 Å². The molecule has 0 unspecified atom stereocenters. The van der Waals surface area contributed by atoms with Gasteiger partial charge in [-0.25, -0.2) is 14.5 Å². The van der Waals surface area contributed by atoms with Gasteiger partial charge in [-0.05, 0) is 31.4 Å². The quantitative estimate of drug-likeness (QED) is 0.678. The average molecular weight is 364 g/mol. The van der Waals surface area contributed by atoms with Crippen molar-refractivity contribution in [1.82, 2.24) is 20.1 Å². The summed E-state index contributed by atoms with van der Waals surface area (Å²) in [4.78, 5) is 28.6. The van der Waals surface area contributed by atoms with Gasteiger partial charge in [-0.15, -0.1) is 0 Å². The Kier molecular flexibility index (Phi) is 4.58. The molecule has 0 radical (unpaired) electrons. The Morgan fingerprint density at radius 1 is 1.26 bits per heavy atom. The highest BCUT2D eigenvalue weighted by Gasteiger charge is 2.27. The third-order valence-electron chi connectivity index (χ3n) is 4.46. The Labute approximate surface area is 156 Å². The van der Waals surface area contributed by atoms with E-state index in [1.54, 1.807) is 23.9 Å². The highest BCUT2D eigenvalue weighted by molar-refractivity contribution is 5.94. The Morgan fingerprint density at radius 2 is 2.04 bits per heavy atom. The molecular weight excluding hydrogens is 344 g/mol. The lowest BCUT2D eigenvalue weighted by atomic mass is 10.2. The SMILES string of the molecule is C[C@@H](OC(=O)c1cnc2c(cnn2Cc2ccccc2)c1)C(=O)NC1CC1. The van der Waals surface area contributed by atoms with Gasteiger partial charge in [0.1, 0.15) is 0 Å². The molecule has 7 heteroatoms. The fourth-order valence-electron chi connectivity index (χ4n) is 2.78. The second-order valence-corrected chi connectivity index (χ2v) is 6.76. The van der Waals surface area contributed by atoms with Gasteiger partial charge in [0.05, 0.1) is 18.3 Å². The van der Waals surface area contributed by atoms with Crippen molar-refractivity contribution in [3.05, 3.63) is 59.9 Å². The third-order valence-corrected chi connectivity index (χ3v) is 4.46. The summed E-state index contributed by atoms with van der Waals surface area (Å²) in [6.45, 7) is 2.17. The number of esters is 1. The summed E-state index contributed by atoms with van der Waals surface area (Å²) in [5, 5.41) is 7.93. The molecule has 2 heterocycles. The van der Waals surface area contributed by atoms with Gasteiger partial charge < -0.3 is 10.1 Å². The predicted octanol–water partition coefficient (Wildman–Crippen LogP) is 2.30. The summed E-state index contributed by atoms with van der Waals surface area (Å²) >= 11 is 0. The lowest BCUT2D eigenvalue weighted by Gasteiger charge is -2.13. The monoisotopic (exact) mass is 364 g/mol. The van der Waals surface area contributed by atoms with E-state index < -0.39 is 12.1 Å². The molecule has 1 N–H and O–H groups in total. The number of carbonyl (C=O) groups excluding carboxylic acids is 2. The fourth-order valence-corrected chi connectivity index (χ4v) is 2.78. The van der Waals surface area contributed by atoms with Crippen molar-refractivity contribution in [2.75, 3.05) is 0 Å². The predicted molar refractivity (Wildman–Crippen MR) is 99.1 cm³/mol. The number of rotatable bonds is 6. The summed E-state index contributed by atoms with van der Waals surface area (Å²) in [5.41, 5.74) is 2.10. The van der Waals surface area contributed by atoms with E-state index in [0.29, 0.717) is 17.8 Å². The molecule has 0 saturated heterocycles. The van der Waals surface area contributed by atoms with Gasteiger partial charge in [0, 0.05) is 17.6 Å². The van der Waals surface area contributed by atoms with Gasteiger partial charge in [-0.3, -0.25) is 4.79 Å². The van der Waals surface area contributed by atoms with Crippen LogP contribution in [-0.4, -0.2) is 38.8 Å². The molecule has 1 aromatic carbocycles. The molecule has 2 aromatic heterocycles. The first-order valence-electron chi connectivity index (χ1n) is 8.97. The third kappa shape index (κ3) is 3.97. The molecule has 1 aliphatic carbocycles. The number of carbonyl (C=O) groups is 2. The van der Waals surface area contributed by atoms with E-state index in [9.17, 15) is 9.59 Å². The van der Waals surface area contributed by atoms with Crippen LogP contribution in [0.1, 0.15) is 35.7 Å². The van der Waals surface area contributed by atoms with E-state index in [1.807, 2.05) is 30.3 Å². The summed E-state index contributed by atoms with van der Waals surface area (Å²) in [7, 11) is 0. The number of aromatic nitrogens is 3. The van der Waals surface area contributed by atoms with E-state index in [4.69, 9.17) is 4.74 Å². The van der Waals surface area contributed by atoms with Crippen LogP contribution >= 0.6 is 0 Å². The van der Waals surface area contributed by atoms with Crippen molar-refractivity contribution in [3.8, 4) is 0 Å². The topological polar surface area (TPSA) is 86.1 Å². The van der Waals surface area contributed by atoms with E-state index in [0.717, 1.165) is 23.8 Å². The average Bonchev–Trinajstić information content (AvgIpc) is 3.41. The molecule has 1 aliphatic rings. The standard InChI is InChI=1S/C20H20N4O3/c1-13(19(25)23-17-7-8-17)27-20(26)16-9-15-11-22-24(18(15)21-10-16)12-14-5-3-2-4-6-14/h2-6,9-11,13,17H,7-8,12H2,1H3,(H,23,25)/t13-/m1/s1. The normalized spacial score (nSPS) is 14.7. The number of amides is 1. The van der Waals surface area contributed by atoms with Crippen molar-refractivity contribution in [3.63, 3.8) is 0 Å². The minimum absolute atomic E-state index is 0.229. The van der Waals surface area contributed by atoms with Crippen LogP contribution in [0.5, 0.6) is 0 Å². The summed E-state index contributed by atoms with van der Waals surface area (Å²) in [6, 6.07) is 11.9. The van der Waals surface area contributed by atoms with E-state index in [2.05, 4.69) is 15.4 Å². The number of benzene rings is 1. The molecule has 0 bridgehead atoms. The Hall–Kier alpha value is -3.22.